The third-order valence-corrected chi connectivity index (χ3v) is 8.62. The first-order chi connectivity index (χ1) is 17.9. The largest absolute Gasteiger partial charge is 0.492 e. The van der Waals surface area contributed by atoms with Crippen LogP contribution in [0.2, 0.25) is 0 Å². The fraction of sp³-hybridized carbons (Fsp3) is 0.393. The molecule has 2 saturated heterocycles. The number of benzene rings is 2. The van der Waals surface area contributed by atoms with Crippen molar-refractivity contribution in [2.24, 2.45) is 0 Å². The zero-order chi connectivity index (χ0) is 25.3. The normalized spacial score (nSPS) is 22.9. The third-order valence-electron chi connectivity index (χ3n) is 8.62. The molecule has 0 aliphatic carbocycles. The van der Waals surface area contributed by atoms with Crippen molar-refractivity contribution >= 4 is 28.7 Å². The molecule has 3 amide bonds. The smallest absolute Gasteiger partial charge is 0.255 e. The summed E-state index contributed by atoms with van der Waals surface area (Å²) in [5, 5.41) is 3.16. The van der Waals surface area contributed by atoms with Crippen molar-refractivity contribution in [1.82, 2.24) is 15.1 Å². The van der Waals surface area contributed by atoms with Crippen molar-refractivity contribution in [3.05, 3.63) is 64.7 Å². The van der Waals surface area contributed by atoms with Gasteiger partial charge in [0, 0.05) is 46.0 Å². The van der Waals surface area contributed by atoms with Crippen molar-refractivity contribution in [1.29, 1.82) is 0 Å². The first kappa shape index (κ1) is 22.5. The van der Waals surface area contributed by atoms with Crippen LogP contribution in [0.15, 0.2) is 41.0 Å². The lowest BCUT2D eigenvalue weighted by molar-refractivity contribution is -0.136. The minimum absolute atomic E-state index is 0.147. The van der Waals surface area contributed by atoms with E-state index in [1.807, 2.05) is 18.2 Å². The zero-order valence-corrected chi connectivity index (χ0v) is 20.2. The fourth-order valence-corrected chi connectivity index (χ4v) is 6.50. The van der Waals surface area contributed by atoms with Gasteiger partial charge in [0.05, 0.1) is 19.4 Å². The molecular formula is C28H26FN3O5. The number of ether oxygens (including phenoxy) is 1. The van der Waals surface area contributed by atoms with Crippen LogP contribution in [0.1, 0.15) is 52.7 Å². The molecular weight excluding hydrogens is 477 g/mol. The SMILES string of the molecule is O=C1CCC(N2Cc3c(ccc4c3OCC43CCN(Cc4c(F)ccc5occc45)CC3)C2=O)C(=O)N1. The standard InChI is InChI=1S/C28H26FN3O5/c29-21-3-5-23-16(7-12-36-23)18(21)13-31-10-8-28(9-11-31)15-37-25-19-14-32(22-4-6-24(33)30-26(22)34)27(35)17(19)1-2-20(25)28/h1-3,5,7,12,22H,4,6,8-11,13-15H2,(H,30,33,34). The second-order valence-corrected chi connectivity index (χ2v) is 10.6. The molecule has 4 aliphatic rings. The number of piperidine rings is 2. The molecule has 0 saturated carbocycles. The molecule has 8 nitrogen and oxygen atoms in total. The average Bonchev–Trinajstić information content (AvgIpc) is 3.59. The summed E-state index contributed by atoms with van der Waals surface area (Å²) in [6, 6.07) is 8.17. The Balaban J connectivity index is 1.10. The van der Waals surface area contributed by atoms with Gasteiger partial charge in [-0.1, -0.05) is 6.07 Å². The molecule has 3 aromatic rings. The van der Waals surface area contributed by atoms with E-state index in [0.717, 1.165) is 48.2 Å². The van der Waals surface area contributed by atoms with E-state index in [2.05, 4.69) is 10.2 Å². The average molecular weight is 504 g/mol. The molecule has 0 bridgehead atoms. The number of hydrogen-bond donors (Lipinski definition) is 1. The Morgan fingerprint density at radius 2 is 1.92 bits per heavy atom. The molecule has 1 spiro atoms. The van der Waals surface area contributed by atoms with Crippen LogP contribution in [0, 0.1) is 5.82 Å². The Morgan fingerprint density at radius 1 is 1.08 bits per heavy atom. The van der Waals surface area contributed by atoms with Gasteiger partial charge in [-0.15, -0.1) is 0 Å². The molecule has 7 rings (SSSR count). The number of halogens is 1. The van der Waals surface area contributed by atoms with E-state index in [1.54, 1.807) is 17.2 Å². The highest BCUT2D eigenvalue weighted by atomic mass is 19.1. The lowest BCUT2D eigenvalue weighted by Gasteiger charge is -2.38. The highest BCUT2D eigenvalue weighted by molar-refractivity contribution is 6.05. The molecule has 1 N–H and O–H groups in total. The summed E-state index contributed by atoms with van der Waals surface area (Å²) in [5.74, 6) is -0.358. The molecule has 1 aromatic heterocycles. The summed E-state index contributed by atoms with van der Waals surface area (Å²) in [4.78, 5) is 41.0. The molecule has 5 heterocycles. The number of nitrogens with zero attached hydrogens (tertiary/aromatic N) is 2. The highest BCUT2D eigenvalue weighted by Crippen LogP contribution is 2.49. The van der Waals surface area contributed by atoms with Crippen LogP contribution in [-0.2, 0) is 28.1 Å². The van der Waals surface area contributed by atoms with Crippen molar-refractivity contribution in [3.8, 4) is 5.75 Å². The van der Waals surface area contributed by atoms with Gasteiger partial charge in [-0.05, 0) is 56.6 Å². The molecule has 1 atom stereocenters. The summed E-state index contributed by atoms with van der Waals surface area (Å²) < 4.78 is 26.4. The molecule has 2 aromatic carbocycles. The molecule has 190 valence electrons. The number of fused-ring (bicyclic) bond motifs is 5. The van der Waals surface area contributed by atoms with E-state index in [-0.39, 0.29) is 29.5 Å². The molecule has 9 heteroatoms. The molecule has 0 radical (unpaired) electrons. The number of furan rings is 1. The maximum absolute atomic E-state index is 14.7. The third kappa shape index (κ3) is 3.40. The van der Waals surface area contributed by atoms with E-state index >= 15 is 0 Å². The Hall–Kier alpha value is -3.72. The number of hydrogen-bond acceptors (Lipinski definition) is 6. The van der Waals surface area contributed by atoms with Crippen LogP contribution in [0.5, 0.6) is 5.75 Å². The van der Waals surface area contributed by atoms with Crippen LogP contribution in [0.3, 0.4) is 0 Å². The van der Waals surface area contributed by atoms with Crippen LogP contribution < -0.4 is 10.1 Å². The van der Waals surface area contributed by atoms with Crippen molar-refractivity contribution in [2.75, 3.05) is 19.7 Å². The number of amides is 3. The fourth-order valence-electron chi connectivity index (χ4n) is 6.50. The number of nitrogens with one attached hydrogen (secondary N) is 1. The zero-order valence-electron chi connectivity index (χ0n) is 20.2. The topological polar surface area (TPSA) is 92.1 Å². The molecule has 2 fully saturated rings. The van der Waals surface area contributed by atoms with Crippen LogP contribution in [0.25, 0.3) is 11.0 Å². The minimum Gasteiger partial charge on any atom is -0.492 e. The lowest BCUT2D eigenvalue weighted by atomic mass is 9.74. The van der Waals surface area contributed by atoms with Gasteiger partial charge in [-0.2, -0.15) is 0 Å². The predicted octanol–water partition coefficient (Wildman–Crippen LogP) is 3.26. The predicted molar refractivity (Wildman–Crippen MR) is 130 cm³/mol. The summed E-state index contributed by atoms with van der Waals surface area (Å²) in [5.41, 5.74) is 3.73. The van der Waals surface area contributed by atoms with E-state index in [4.69, 9.17) is 9.15 Å². The van der Waals surface area contributed by atoms with Gasteiger partial charge in [0.15, 0.2) is 0 Å². The summed E-state index contributed by atoms with van der Waals surface area (Å²) in [7, 11) is 0. The minimum atomic E-state index is -0.646. The van der Waals surface area contributed by atoms with E-state index in [9.17, 15) is 18.8 Å². The van der Waals surface area contributed by atoms with Gasteiger partial charge in [-0.3, -0.25) is 24.6 Å². The second-order valence-electron chi connectivity index (χ2n) is 10.6. The van der Waals surface area contributed by atoms with Gasteiger partial charge < -0.3 is 14.1 Å². The van der Waals surface area contributed by atoms with Gasteiger partial charge in [0.1, 0.15) is 23.2 Å². The first-order valence-corrected chi connectivity index (χ1v) is 12.7. The van der Waals surface area contributed by atoms with Gasteiger partial charge in [0.2, 0.25) is 11.8 Å². The van der Waals surface area contributed by atoms with Crippen LogP contribution >= 0.6 is 0 Å². The molecule has 1 unspecified atom stereocenters. The molecule has 37 heavy (non-hydrogen) atoms. The maximum Gasteiger partial charge on any atom is 0.255 e. The maximum atomic E-state index is 14.7. The van der Waals surface area contributed by atoms with E-state index < -0.39 is 11.9 Å². The van der Waals surface area contributed by atoms with Crippen molar-refractivity contribution in [2.45, 2.75) is 50.2 Å². The number of carbonyl (C=O) groups excluding carboxylic acids is 3. The summed E-state index contributed by atoms with van der Waals surface area (Å²) in [6.45, 7) is 2.97. The summed E-state index contributed by atoms with van der Waals surface area (Å²) >= 11 is 0. The van der Waals surface area contributed by atoms with Crippen LogP contribution in [0.4, 0.5) is 4.39 Å². The lowest BCUT2D eigenvalue weighted by Crippen LogP contribution is -2.52. The number of carbonyl (C=O) groups is 3. The second kappa shape index (κ2) is 8.14. The number of rotatable bonds is 3. The van der Waals surface area contributed by atoms with Gasteiger partial charge in [0.25, 0.3) is 5.91 Å². The first-order valence-electron chi connectivity index (χ1n) is 12.7. The van der Waals surface area contributed by atoms with E-state index in [1.165, 1.54) is 6.07 Å². The van der Waals surface area contributed by atoms with Crippen molar-refractivity contribution in [3.63, 3.8) is 0 Å². The number of imide groups is 1. The quantitative estimate of drug-likeness (QED) is 0.552. The van der Waals surface area contributed by atoms with Gasteiger partial charge in [-0.25, -0.2) is 4.39 Å². The number of likely N-dealkylation sites (tertiary alicyclic amines) is 1. The van der Waals surface area contributed by atoms with Gasteiger partial charge >= 0.3 is 0 Å². The monoisotopic (exact) mass is 503 g/mol. The van der Waals surface area contributed by atoms with Crippen molar-refractivity contribution < 1.29 is 27.9 Å². The van der Waals surface area contributed by atoms with Crippen LogP contribution in [-0.4, -0.2) is 53.3 Å². The Bertz CT molecular complexity index is 1470. The Kier molecular flexibility index (Phi) is 4.95. The Labute approximate surface area is 212 Å². The summed E-state index contributed by atoms with van der Waals surface area (Å²) in [6.07, 6.45) is 3.89. The highest BCUT2D eigenvalue weighted by Gasteiger charge is 2.47. The molecule has 4 aliphatic heterocycles. The Morgan fingerprint density at radius 3 is 2.73 bits per heavy atom. The van der Waals surface area contributed by atoms with E-state index in [0.29, 0.717) is 42.8 Å².